The summed E-state index contributed by atoms with van der Waals surface area (Å²) in [5, 5.41) is 14.5. The Morgan fingerprint density at radius 2 is 2.21 bits per heavy atom. The van der Waals surface area contributed by atoms with Gasteiger partial charge in [0.15, 0.2) is 0 Å². The van der Waals surface area contributed by atoms with E-state index in [2.05, 4.69) is 29.0 Å². The molecule has 19 heavy (non-hydrogen) atoms. The Kier molecular flexibility index (Phi) is 5.76. The molecule has 1 aliphatic heterocycles. The Morgan fingerprint density at radius 3 is 2.84 bits per heavy atom. The van der Waals surface area contributed by atoms with Crippen molar-refractivity contribution in [3.05, 3.63) is 16.1 Å². The van der Waals surface area contributed by atoms with Crippen molar-refractivity contribution in [1.29, 1.82) is 0 Å². The van der Waals surface area contributed by atoms with E-state index >= 15 is 0 Å². The van der Waals surface area contributed by atoms with Gasteiger partial charge in [0.05, 0.1) is 12.1 Å². The van der Waals surface area contributed by atoms with E-state index in [4.69, 9.17) is 0 Å². The second kappa shape index (κ2) is 7.33. The highest BCUT2D eigenvalue weighted by molar-refractivity contribution is 7.11. The van der Waals surface area contributed by atoms with E-state index in [-0.39, 0.29) is 12.1 Å². The molecule has 2 N–H and O–H groups in total. The van der Waals surface area contributed by atoms with E-state index < -0.39 is 0 Å². The van der Waals surface area contributed by atoms with E-state index in [0.29, 0.717) is 6.54 Å². The molecule has 2 atom stereocenters. The Labute approximate surface area is 119 Å². The van der Waals surface area contributed by atoms with E-state index in [1.807, 2.05) is 6.20 Å². The van der Waals surface area contributed by atoms with Gasteiger partial charge in [-0.2, -0.15) is 0 Å². The number of nitrogens with one attached hydrogen (secondary N) is 1. The van der Waals surface area contributed by atoms with Gasteiger partial charge in [0, 0.05) is 24.2 Å². The summed E-state index contributed by atoms with van der Waals surface area (Å²) >= 11 is 1.76. The highest BCUT2D eigenvalue weighted by atomic mass is 32.1. The Hall–Kier alpha value is -0.490. The first-order chi connectivity index (χ1) is 9.19. The summed E-state index contributed by atoms with van der Waals surface area (Å²) in [4.78, 5) is 8.10. The van der Waals surface area contributed by atoms with Crippen LogP contribution in [0.1, 0.15) is 42.6 Å². The molecule has 2 heterocycles. The van der Waals surface area contributed by atoms with Gasteiger partial charge in [0.25, 0.3) is 0 Å². The van der Waals surface area contributed by atoms with Gasteiger partial charge in [-0.05, 0) is 39.3 Å². The lowest BCUT2D eigenvalue weighted by molar-refractivity contribution is 0.121. The van der Waals surface area contributed by atoms with Crippen molar-refractivity contribution in [2.24, 2.45) is 0 Å². The number of β-amino-alcohol motifs (C(OH)–C–C–N with tert-alkyl or cyclic N) is 1. The minimum atomic E-state index is -0.286. The monoisotopic (exact) mass is 283 g/mol. The van der Waals surface area contributed by atoms with Crippen LogP contribution in [0.5, 0.6) is 0 Å². The number of aromatic nitrogens is 1. The smallest absolute Gasteiger partial charge is 0.109 e. The van der Waals surface area contributed by atoms with Gasteiger partial charge in [-0.25, -0.2) is 4.98 Å². The third-order valence-corrected chi connectivity index (χ3v) is 4.94. The molecule has 0 amide bonds. The van der Waals surface area contributed by atoms with Crippen LogP contribution in [0.4, 0.5) is 0 Å². The lowest BCUT2D eigenvalue weighted by atomic mass is 10.3. The van der Waals surface area contributed by atoms with Crippen LogP contribution < -0.4 is 5.32 Å². The fourth-order valence-electron chi connectivity index (χ4n) is 2.41. The fraction of sp³-hybridized carbons (Fsp3) is 0.786. The number of aryl methyl sites for hydroxylation is 1. The van der Waals surface area contributed by atoms with Crippen LogP contribution in [-0.4, -0.2) is 47.3 Å². The second-order valence-corrected chi connectivity index (χ2v) is 6.46. The molecule has 0 bridgehead atoms. The minimum Gasteiger partial charge on any atom is -0.390 e. The van der Waals surface area contributed by atoms with Crippen LogP contribution in [0.3, 0.4) is 0 Å². The first kappa shape index (κ1) is 14.9. The summed E-state index contributed by atoms with van der Waals surface area (Å²) in [5.74, 6) is 0. The van der Waals surface area contributed by atoms with E-state index in [1.54, 1.807) is 11.3 Å². The van der Waals surface area contributed by atoms with Crippen molar-refractivity contribution < 1.29 is 5.11 Å². The van der Waals surface area contributed by atoms with Gasteiger partial charge >= 0.3 is 0 Å². The van der Waals surface area contributed by atoms with Crippen LogP contribution >= 0.6 is 11.3 Å². The highest BCUT2D eigenvalue weighted by Crippen LogP contribution is 2.20. The molecule has 1 aliphatic rings. The van der Waals surface area contributed by atoms with Gasteiger partial charge in [-0.15, -0.1) is 11.3 Å². The van der Waals surface area contributed by atoms with Crippen molar-refractivity contribution in [2.75, 3.05) is 26.2 Å². The van der Waals surface area contributed by atoms with Crippen LogP contribution in [0.2, 0.25) is 0 Å². The number of likely N-dealkylation sites (tertiary alicyclic amines) is 1. The molecular formula is C14H25N3OS. The zero-order chi connectivity index (χ0) is 13.7. The highest BCUT2D eigenvalue weighted by Gasteiger charge is 2.17. The number of thiazole rings is 1. The number of hydrogen-bond donors (Lipinski definition) is 2. The maximum absolute atomic E-state index is 10.0. The average molecular weight is 283 g/mol. The Balaban J connectivity index is 1.71. The third kappa shape index (κ3) is 4.53. The number of aliphatic hydroxyl groups excluding tert-OH is 1. The molecule has 0 aliphatic carbocycles. The summed E-state index contributed by atoms with van der Waals surface area (Å²) < 4.78 is 0. The van der Waals surface area contributed by atoms with Gasteiger partial charge in [0.2, 0.25) is 0 Å². The van der Waals surface area contributed by atoms with Gasteiger partial charge in [0.1, 0.15) is 5.01 Å². The largest absolute Gasteiger partial charge is 0.390 e. The molecule has 108 valence electrons. The number of nitrogens with zero attached hydrogens (tertiary/aromatic N) is 2. The van der Waals surface area contributed by atoms with Crippen molar-refractivity contribution in [3.8, 4) is 0 Å². The average Bonchev–Trinajstić information content (AvgIpc) is 3.06. The molecule has 0 spiro atoms. The molecule has 1 aromatic heterocycles. The standard InChI is InChI=1S/C14H25N3OS/c1-3-13-9-16-14(19-13)11(2)15-8-12(18)10-17-6-4-5-7-17/h9,11-12,15,18H,3-8,10H2,1-2H3. The number of aliphatic hydroxyl groups is 1. The zero-order valence-corrected chi connectivity index (χ0v) is 12.7. The van der Waals surface area contributed by atoms with E-state index in [9.17, 15) is 5.11 Å². The SMILES string of the molecule is CCc1cnc(C(C)NCC(O)CN2CCCC2)s1. The van der Waals surface area contributed by atoms with Crippen LogP contribution in [0.15, 0.2) is 6.20 Å². The maximum Gasteiger partial charge on any atom is 0.109 e. The molecule has 0 aromatic carbocycles. The van der Waals surface area contributed by atoms with Crippen molar-refractivity contribution in [2.45, 2.75) is 45.3 Å². The third-order valence-electron chi connectivity index (χ3n) is 3.62. The predicted molar refractivity (Wildman–Crippen MR) is 79.6 cm³/mol. The second-order valence-electron chi connectivity index (χ2n) is 5.31. The Morgan fingerprint density at radius 1 is 1.47 bits per heavy atom. The van der Waals surface area contributed by atoms with Crippen molar-refractivity contribution in [1.82, 2.24) is 15.2 Å². The molecule has 0 radical (unpaired) electrons. The lowest BCUT2D eigenvalue weighted by Crippen LogP contribution is -2.37. The number of hydrogen-bond acceptors (Lipinski definition) is 5. The molecule has 1 fully saturated rings. The summed E-state index contributed by atoms with van der Waals surface area (Å²) in [5.41, 5.74) is 0. The molecule has 5 heteroatoms. The summed E-state index contributed by atoms with van der Waals surface area (Å²) in [6.45, 7) is 7.96. The molecule has 0 saturated carbocycles. The predicted octanol–water partition coefficient (Wildman–Crippen LogP) is 1.81. The normalized spacial score (nSPS) is 19.7. The van der Waals surface area contributed by atoms with Crippen LogP contribution in [0, 0.1) is 0 Å². The van der Waals surface area contributed by atoms with Gasteiger partial charge < -0.3 is 15.3 Å². The molecular weight excluding hydrogens is 258 g/mol. The van der Waals surface area contributed by atoms with E-state index in [0.717, 1.165) is 31.1 Å². The minimum absolute atomic E-state index is 0.221. The quantitative estimate of drug-likeness (QED) is 0.801. The summed E-state index contributed by atoms with van der Waals surface area (Å²) in [6.07, 6.45) is 5.26. The fourth-order valence-corrected chi connectivity index (χ4v) is 3.30. The topological polar surface area (TPSA) is 48.4 Å². The Bertz CT molecular complexity index is 377. The molecule has 2 rings (SSSR count). The van der Waals surface area contributed by atoms with Gasteiger partial charge in [-0.1, -0.05) is 6.92 Å². The zero-order valence-electron chi connectivity index (χ0n) is 11.9. The first-order valence-electron chi connectivity index (χ1n) is 7.27. The molecule has 4 nitrogen and oxygen atoms in total. The number of rotatable bonds is 7. The van der Waals surface area contributed by atoms with Gasteiger partial charge in [-0.3, -0.25) is 0 Å². The van der Waals surface area contributed by atoms with Crippen LogP contribution in [0.25, 0.3) is 0 Å². The van der Waals surface area contributed by atoms with Crippen LogP contribution in [-0.2, 0) is 6.42 Å². The maximum atomic E-state index is 10.0. The van der Waals surface area contributed by atoms with Crippen molar-refractivity contribution in [3.63, 3.8) is 0 Å². The molecule has 1 saturated heterocycles. The molecule has 1 aromatic rings. The van der Waals surface area contributed by atoms with E-state index in [1.165, 1.54) is 17.7 Å². The summed E-state index contributed by atoms with van der Waals surface area (Å²) in [6, 6.07) is 0.221. The molecule has 2 unspecified atom stereocenters. The summed E-state index contributed by atoms with van der Waals surface area (Å²) in [7, 11) is 0. The van der Waals surface area contributed by atoms with Crippen molar-refractivity contribution >= 4 is 11.3 Å². The first-order valence-corrected chi connectivity index (χ1v) is 8.09. The lowest BCUT2D eigenvalue weighted by Gasteiger charge is -2.21.